The summed E-state index contributed by atoms with van der Waals surface area (Å²) in [5.74, 6) is 2.22. The molecule has 0 bridgehead atoms. The maximum Gasteiger partial charge on any atom is 0.276 e. The third-order valence-electron chi connectivity index (χ3n) is 4.19. The highest BCUT2D eigenvalue weighted by Gasteiger charge is 2.30. The SMILES string of the molecule is CCc1ocnc1C(=O)N1CCC[C@@H](c2noc(C(C)C)n2)C1. The molecule has 0 N–H and O–H groups in total. The van der Waals surface area contributed by atoms with Crippen LogP contribution < -0.4 is 0 Å². The lowest BCUT2D eigenvalue weighted by Crippen LogP contribution is -2.39. The number of nitrogens with zero attached hydrogens (tertiary/aromatic N) is 4. The smallest absolute Gasteiger partial charge is 0.276 e. The number of hydrogen-bond acceptors (Lipinski definition) is 6. The monoisotopic (exact) mass is 318 g/mol. The second kappa shape index (κ2) is 6.52. The quantitative estimate of drug-likeness (QED) is 0.861. The molecule has 3 rings (SSSR count). The Morgan fingerprint density at radius 2 is 2.30 bits per heavy atom. The average molecular weight is 318 g/mol. The second-order valence-corrected chi connectivity index (χ2v) is 6.21. The molecule has 3 heterocycles. The van der Waals surface area contributed by atoms with E-state index >= 15 is 0 Å². The minimum absolute atomic E-state index is 0.0760. The Kier molecular flexibility index (Phi) is 4.45. The molecule has 23 heavy (non-hydrogen) atoms. The van der Waals surface area contributed by atoms with E-state index in [1.54, 1.807) is 0 Å². The van der Waals surface area contributed by atoms with Gasteiger partial charge >= 0.3 is 0 Å². The van der Waals surface area contributed by atoms with E-state index in [4.69, 9.17) is 8.94 Å². The van der Waals surface area contributed by atoms with Gasteiger partial charge in [-0.25, -0.2) is 4.98 Å². The lowest BCUT2D eigenvalue weighted by atomic mass is 9.97. The van der Waals surface area contributed by atoms with E-state index in [-0.39, 0.29) is 17.7 Å². The average Bonchev–Trinajstić information content (AvgIpc) is 3.23. The highest BCUT2D eigenvalue weighted by molar-refractivity contribution is 5.93. The van der Waals surface area contributed by atoms with Crippen molar-refractivity contribution in [2.24, 2.45) is 0 Å². The van der Waals surface area contributed by atoms with E-state index in [9.17, 15) is 4.79 Å². The Morgan fingerprint density at radius 1 is 1.48 bits per heavy atom. The van der Waals surface area contributed by atoms with Gasteiger partial charge in [0.1, 0.15) is 5.76 Å². The standard InChI is InChI=1S/C16H22N4O3/c1-4-12-13(17-9-22-12)16(21)20-7-5-6-11(8-20)14-18-15(10(2)3)23-19-14/h9-11H,4-8H2,1-3H3/t11-/m1/s1. The first-order valence-corrected chi connectivity index (χ1v) is 8.15. The van der Waals surface area contributed by atoms with E-state index in [2.05, 4.69) is 15.1 Å². The minimum Gasteiger partial charge on any atom is -0.448 e. The molecule has 0 radical (unpaired) electrons. The number of carbonyl (C=O) groups excluding carboxylic acids is 1. The number of amides is 1. The van der Waals surface area contributed by atoms with Gasteiger partial charge in [-0.1, -0.05) is 25.9 Å². The van der Waals surface area contributed by atoms with Crippen molar-refractivity contribution in [1.82, 2.24) is 20.0 Å². The van der Waals surface area contributed by atoms with Crippen molar-refractivity contribution < 1.29 is 13.7 Å². The van der Waals surface area contributed by atoms with Crippen LogP contribution in [-0.4, -0.2) is 39.0 Å². The third kappa shape index (κ3) is 3.13. The molecule has 7 heteroatoms. The van der Waals surface area contributed by atoms with Crippen LogP contribution in [0, 0.1) is 0 Å². The first kappa shape index (κ1) is 15.7. The van der Waals surface area contributed by atoms with Crippen LogP contribution >= 0.6 is 0 Å². The number of oxazole rings is 1. The van der Waals surface area contributed by atoms with E-state index in [0.29, 0.717) is 36.1 Å². The normalized spacial score (nSPS) is 18.6. The lowest BCUT2D eigenvalue weighted by Gasteiger charge is -2.30. The zero-order valence-electron chi connectivity index (χ0n) is 13.8. The van der Waals surface area contributed by atoms with Crippen LogP contribution in [0.4, 0.5) is 0 Å². The summed E-state index contributed by atoms with van der Waals surface area (Å²) < 4.78 is 10.6. The Balaban J connectivity index is 1.74. The molecule has 124 valence electrons. The van der Waals surface area contributed by atoms with Crippen LogP contribution in [0.3, 0.4) is 0 Å². The molecule has 0 aromatic carbocycles. The molecule has 0 aliphatic carbocycles. The Morgan fingerprint density at radius 3 is 3.00 bits per heavy atom. The van der Waals surface area contributed by atoms with Gasteiger partial charge in [-0.3, -0.25) is 4.79 Å². The molecule has 1 atom stereocenters. The number of aryl methyl sites for hydroxylation is 1. The largest absolute Gasteiger partial charge is 0.448 e. The van der Waals surface area contributed by atoms with Crippen LogP contribution in [0.5, 0.6) is 0 Å². The summed E-state index contributed by atoms with van der Waals surface area (Å²) in [4.78, 5) is 23.0. The third-order valence-corrected chi connectivity index (χ3v) is 4.19. The maximum absolute atomic E-state index is 12.7. The van der Waals surface area contributed by atoms with Crippen molar-refractivity contribution in [2.75, 3.05) is 13.1 Å². The van der Waals surface area contributed by atoms with Crippen LogP contribution in [0.25, 0.3) is 0 Å². The van der Waals surface area contributed by atoms with Gasteiger partial charge < -0.3 is 13.8 Å². The first-order valence-electron chi connectivity index (χ1n) is 8.15. The minimum atomic E-state index is -0.0760. The van der Waals surface area contributed by atoms with E-state index < -0.39 is 0 Å². The van der Waals surface area contributed by atoms with Crippen LogP contribution in [0.15, 0.2) is 15.3 Å². The highest BCUT2D eigenvalue weighted by atomic mass is 16.5. The van der Waals surface area contributed by atoms with E-state index in [0.717, 1.165) is 19.4 Å². The number of carbonyl (C=O) groups is 1. The van der Waals surface area contributed by atoms with Crippen LogP contribution in [0.2, 0.25) is 0 Å². The molecular formula is C16H22N4O3. The fourth-order valence-corrected chi connectivity index (χ4v) is 2.87. The molecule has 1 saturated heterocycles. The second-order valence-electron chi connectivity index (χ2n) is 6.21. The molecule has 0 unspecified atom stereocenters. The summed E-state index contributed by atoms with van der Waals surface area (Å²) >= 11 is 0. The zero-order chi connectivity index (χ0) is 16.4. The van der Waals surface area contributed by atoms with E-state index in [1.807, 2.05) is 25.7 Å². The highest BCUT2D eigenvalue weighted by Crippen LogP contribution is 2.27. The Hall–Kier alpha value is -2.18. The van der Waals surface area contributed by atoms with E-state index in [1.165, 1.54) is 6.39 Å². The fourth-order valence-electron chi connectivity index (χ4n) is 2.87. The number of hydrogen-bond donors (Lipinski definition) is 0. The summed E-state index contributed by atoms with van der Waals surface area (Å²) in [5, 5.41) is 4.09. The van der Waals surface area contributed by atoms with Gasteiger partial charge in [-0.05, 0) is 12.8 Å². The topological polar surface area (TPSA) is 85.3 Å². The molecule has 0 spiro atoms. The molecule has 1 aliphatic heterocycles. The van der Waals surface area contributed by atoms with Crippen molar-refractivity contribution in [3.8, 4) is 0 Å². The molecule has 0 saturated carbocycles. The van der Waals surface area contributed by atoms with Gasteiger partial charge in [0.25, 0.3) is 5.91 Å². The number of likely N-dealkylation sites (tertiary alicyclic amines) is 1. The van der Waals surface area contributed by atoms with Gasteiger partial charge in [0.05, 0.1) is 0 Å². The van der Waals surface area contributed by atoms with Crippen LogP contribution in [0.1, 0.15) is 73.4 Å². The summed E-state index contributed by atoms with van der Waals surface area (Å²) in [7, 11) is 0. The van der Waals surface area contributed by atoms with Gasteiger partial charge in [0.2, 0.25) is 5.89 Å². The number of rotatable bonds is 4. The van der Waals surface area contributed by atoms with Crippen LogP contribution in [-0.2, 0) is 6.42 Å². The predicted molar refractivity (Wildman–Crippen MR) is 82.1 cm³/mol. The number of aromatic nitrogens is 3. The summed E-state index contributed by atoms with van der Waals surface area (Å²) in [6.07, 6.45) is 3.87. The van der Waals surface area contributed by atoms with Crippen molar-refractivity contribution in [3.63, 3.8) is 0 Å². The molecule has 1 amide bonds. The molecule has 1 fully saturated rings. The summed E-state index contributed by atoms with van der Waals surface area (Å²) in [6, 6.07) is 0. The van der Waals surface area contributed by atoms with Gasteiger partial charge in [-0.15, -0.1) is 0 Å². The molecule has 7 nitrogen and oxygen atoms in total. The summed E-state index contributed by atoms with van der Waals surface area (Å²) in [5.41, 5.74) is 0.420. The van der Waals surface area contributed by atoms with Crippen molar-refractivity contribution in [2.45, 2.75) is 51.9 Å². The maximum atomic E-state index is 12.7. The van der Waals surface area contributed by atoms with Gasteiger partial charge in [0.15, 0.2) is 17.9 Å². The Bertz CT molecular complexity index is 676. The zero-order valence-corrected chi connectivity index (χ0v) is 13.8. The Labute approximate surface area is 135 Å². The molecule has 1 aliphatic rings. The fraction of sp³-hybridized carbons (Fsp3) is 0.625. The van der Waals surface area contributed by atoms with Crippen molar-refractivity contribution in [3.05, 3.63) is 29.6 Å². The lowest BCUT2D eigenvalue weighted by molar-refractivity contribution is 0.0696. The van der Waals surface area contributed by atoms with Crippen molar-refractivity contribution >= 4 is 5.91 Å². The predicted octanol–water partition coefficient (Wildman–Crippen LogP) is 2.76. The number of piperidine rings is 1. The molecule has 2 aromatic rings. The molecular weight excluding hydrogens is 296 g/mol. The van der Waals surface area contributed by atoms with Crippen molar-refractivity contribution in [1.29, 1.82) is 0 Å². The van der Waals surface area contributed by atoms with Gasteiger partial charge in [-0.2, -0.15) is 4.98 Å². The summed E-state index contributed by atoms with van der Waals surface area (Å²) in [6.45, 7) is 7.30. The first-order chi connectivity index (χ1) is 11.1. The molecule has 2 aromatic heterocycles. The van der Waals surface area contributed by atoms with Gasteiger partial charge in [0, 0.05) is 31.3 Å².